The molecule has 0 bridgehead atoms. The highest BCUT2D eigenvalue weighted by molar-refractivity contribution is 5.30. The summed E-state index contributed by atoms with van der Waals surface area (Å²) in [7, 11) is 0. The van der Waals surface area contributed by atoms with E-state index in [9.17, 15) is 4.39 Å². The van der Waals surface area contributed by atoms with Gasteiger partial charge in [-0.15, -0.1) is 0 Å². The van der Waals surface area contributed by atoms with Crippen molar-refractivity contribution in [3.8, 4) is 5.75 Å². The van der Waals surface area contributed by atoms with Gasteiger partial charge in [0.1, 0.15) is 18.2 Å². The summed E-state index contributed by atoms with van der Waals surface area (Å²) in [5.41, 5.74) is 6.55. The van der Waals surface area contributed by atoms with Crippen molar-refractivity contribution in [3.05, 3.63) is 29.6 Å². The summed E-state index contributed by atoms with van der Waals surface area (Å²) in [5, 5.41) is 0. The van der Waals surface area contributed by atoms with Crippen molar-refractivity contribution in [1.29, 1.82) is 0 Å². The van der Waals surface area contributed by atoms with Crippen LogP contribution >= 0.6 is 0 Å². The highest BCUT2D eigenvalue weighted by Crippen LogP contribution is 2.17. The third-order valence-electron chi connectivity index (χ3n) is 2.29. The minimum atomic E-state index is -0.298. The van der Waals surface area contributed by atoms with Crippen LogP contribution in [-0.2, 0) is 11.2 Å². The predicted octanol–water partition coefficient (Wildman–Crippen LogP) is 2.52. The number of halogens is 1. The lowest BCUT2D eigenvalue weighted by Gasteiger charge is -2.11. The van der Waals surface area contributed by atoms with E-state index in [0.717, 1.165) is 5.56 Å². The van der Waals surface area contributed by atoms with Crippen LogP contribution in [-0.4, -0.2) is 25.4 Å². The molecule has 1 aromatic rings. The van der Waals surface area contributed by atoms with E-state index < -0.39 is 0 Å². The Morgan fingerprint density at radius 2 is 1.89 bits per heavy atom. The van der Waals surface area contributed by atoms with E-state index in [1.165, 1.54) is 12.1 Å². The lowest BCUT2D eigenvalue weighted by molar-refractivity contribution is 0.0552. The van der Waals surface area contributed by atoms with E-state index in [-0.39, 0.29) is 18.0 Å². The normalized spacial score (nSPS) is 12.8. The van der Waals surface area contributed by atoms with Crippen LogP contribution in [0.25, 0.3) is 0 Å². The van der Waals surface area contributed by atoms with Crippen LogP contribution in [0.3, 0.4) is 0 Å². The van der Waals surface area contributed by atoms with Crippen molar-refractivity contribution < 1.29 is 13.9 Å². The van der Waals surface area contributed by atoms with E-state index in [0.29, 0.717) is 25.4 Å². The Bertz CT molecular complexity index is 367. The van der Waals surface area contributed by atoms with E-state index in [2.05, 4.69) is 0 Å². The zero-order valence-corrected chi connectivity index (χ0v) is 11.3. The molecule has 0 amide bonds. The maximum atomic E-state index is 13.4. The largest absolute Gasteiger partial charge is 0.491 e. The van der Waals surface area contributed by atoms with Gasteiger partial charge in [-0.3, -0.25) is 0 Å². The molecule has 1 atom stereocenters. The molecule has 0 fully saturated rings. The van der Waals surface area contributed by atoms with Gasteiger partial charge in [0.05, 0.1) is 12.7 Å². The predicted molar refractivity (Wildman–Crippen MR) is 70.3 cm³/mol. The first-order valence-electron chi connectivity index (χ1n) is 6.27. The monoisotopic (exact) mass is 255 g/mol. The summed E-state index contributed by atoms with van der Waals surface area (Å²) in [6.45, 7) is 6.73. The SMILES string of the molecule is CC(N)Cc1cc(F)cc(OCCOC(C)C)c1. The second kappa shape index (κ2) is 7.34. The molecule has 0 saturated heterocycles. The van der Waals surface area contributed by atoms with Crippen LogP contribution in [0.4, 0.5) is 4.39 Å². The first kappa shape index (κ1) is 14.9. The third kappa shape index (κ3) is 5.98. The van der Waals surface area contributed by atoms with Gasteiger partial charge in [-0.05, 0) is 44.9 Å². The van der Waals surface area contributed by atoms with Gasteiger partial charge in [-0.25, -0.2) is 4.39 Å². The molecule has 0 aliphatic carbocycles. The molecule has 0 spiro atoms. The molecule has 1 aromatic carbocycles. The Hall–Kier alpha value is -1.13. The zero-order chi connectivity index (χ0) is 13.5. The first-order chi connectivity index (χ1) is 8.47. The second-order valence-electron chi connectivity index (χ2n) is 4.74. The molecule has 0 aliphatic rings. The van der Waals surface area contributed by atoms with Crippen molar-refractivity contribution in [1.82, 2.24) is 0 Å². The fourth-order valence-corrected chi connectivity index (χ4v) is 1.64. The lowest BCUT2D eigenvalue weighted by Crippen LogP contribution is -2.18. The van der Waals surface area contributed by atoms with Gasteiger partial charge in [0.25, 0.3) is 0 Å². The third-order valence-corrected chi connectivity index (χ3v) is 2.29. The summed E-state index contributed by atoms with van der Waals surface area (Å²) < 4.78 is 24.2. The summed E-state index contributed by atoms with van der Waals surface area (Å²) in [4.78, 5) is 0. The Kier molecular flexibility index (Phi) is 6.09. The highest BCUT2D eigenvalue weighted by atomic mass is 19.1. The Labute approximate surface area is 108 Å². The highest BCUT2D eigenvalue weighted by Gasteiger charge is 2.04. The molecule has 1 rings (SSSR count). The average molecular weight is 255 g/mol. The summed E-state index contributed by atoms with van der Waals surface area (Å²) >= 11 is 0. The second-order valence-corrected chi connectivity index (χ2v) is 4.74. The molecule has 18 heavy (non-hydrogen) atoms. The van der Waals surface area contributed by atoms with Crippen LogP contribution in [0.5, 0.6) is 5.75 Å². The minimum absolute atomic E-state index is 0.00363. The van der Waals surface area contributed by atoms with E-state index >= 15 is 0 Å². The lowest BCUT2D eigenvalue weighted by atomic mass is 10.1. The van der Waals surface area contributed by atoms with Crippen LogP contribution in [0.1, 0.15) is 26.3 Å². The molecule has 102 valence electrons. The molecule has 0 saturated carbocycles. The van der Waals surface area contributed by atoms with E-state index in [4.69, 9.17) is 15.2 Å². The zero-order valence-electron chi connectivity index (χ0n) is 11.3. The Morgan fingerprint density at radius 1 is 1.17 bits per heavy atom. The molecule has 2 N–H and O–H groups in total. The minimum Gasteiger partial charge on any atom is -0.491 e. The maximum absolute atomic E-state index is 13.4. The molecule has 0 heterocycles. The Morgan fingerprint density at radius 3 is 2.50 bits per heavy atom. The number of nitrogens with two attached hydrogens (primary N) is 1. The molecule has 0 aromatic heterocycles. The number of benzene rings is 1. The first-order valence-corrected chi connectivity index (χ1v) is 6.27. The molecule has 0 radical (unpaired) electrons. The quantitative estimate of drug-likeness (QED) is 0.761. The van der Waals surface area contributed by atoms with Crippen molar-refractivity contribution in [2.45, 2.75) is 39.3 Å². The summed E-state index contributed by atoms with van der Waals surface area (Å²) in [5.74, 6) is 0.228. The van der Waals surface area contributed by atoms with E-state index in [1.54, 1.807) is 0 Å². The summed E-state index contributed by atoms with van der Waals surface area (Å²) in [6.07, 6.45) is 0.811. The topological polar surface area (TPSA) is 44.5 Å². The van der Waals surface area contributed by atoms with Gasteiger partial charge in [0.15, 0.2) is 0 Å². The van der Waals surface area contributed by atoms with Gasteiger partial charge in [-0.2, -0.15) is 0 Å². The fourth-order valence-electron chi connectivity index (χ4n) is 1.64. The molecule has 1 unspecified atom stereocenters. The van der Waals surface area contributed by atoms with E-state index in [1.807, 2.05) is 26.8 Å². The van der Waals surface area contributed by atoms with Gasteiger partial charge in [0.2, 0.25) is 0 Å². The van der Waals surface area contributed by atoms with Gasteiger partial charge >= 0.3 is 0 Å². The molecular weight excluding hydrogens is 233 g/mol. The van der Waals surface area contributed by atoms with Crippen molar-refractivity contribution in [2.24, 2.45) is 5.73 Å². The summed E-state index contributed by atoms with van der Waals surface area (Å²) in [6, 6.07) is 4.69. The van der Waals surface area contributed by atoms with Gasteiger partial charge < -0.3 is 15.2 Å². The van der Waals surface area contributed by atoms with Crippen LogP contribution < -0.4 is 10.5 Å². The van der Waals surface area contributed by atoms with Gasteiger partial charge in [0, 0.05) is 12.1 Å². The maximum Gasteiger partial charge on any atom is 0.127 e. The average Bonchev–Trinajstić information content (AvgIpc) is 2.22. The van der Waals surface area contributed by atoms with Crippen molar-refractivity contribution in [3.63, 3.8) is 0 Å². The standard InChI is InChI=1S/C14H22FNO2/c1-10(2)17-4-5-18-14-8-12(6-11(3)16)7-13(15)9-14/h7-11H,4-6,16H2,1-3H3. The molecule has 3 nitrogen and oxygen atoms in total. The molecular formula is C14H22FNO2. The van der Waals surface area contributed by atoms with Crippen LogP contribution in [0.2, 0.25) is 0 Å². The van der Waals surface area contributed by atoms with Gasteiger partial charge in [-0.1, -0.05) is 0 Å². The number of ether oxygens (including phenoxy) is 2. The molecule has 4 heteroatoms. The smallest absolute Gasteiger partial charge is 0.127 e. The van der Waals surface area contributed by atoms with Crippen molar-refractivity contribution >= 4 is 0 Å². The number of rotatable bonds is 7. The Balaban J connectivity index is 2.51. The van der Waals surface area contributed by atoms with Crippen LogP contribution in [0.15, 0.2) is 18.2 Å². The number of hydrogen-bond donors (Lipinski definition) is 1. The van der Waals surface area contributed by atoms with Crippen molar-refractivity contribution in [2.75, 3.05) is 13.2 Å². The van der Waals surface area contributed by atoms with Crippen LogP contribution in [0, 0.1) is 5.82 Å². The number of hydrogen-bond acceptors (Lipinski definition) is 3. The molecule has 0 aliphatic heterocycles. The fraction of sp³-hybridized carbons (Fsp3) is 0.571.